The number of carbonyl (C=O) groups is 2. The first kappa shape index (κ1) is 14.7. The van der Waals surface area contributed by atoms with E-state index in [9.17, 15) is 14.7 Å². The standard InChI is InChI=1S/C12H14ClNO3S2/c13-9-3-1-8(19-9)2-4-10(15)14-12(11(16)17)5-6-18-7-12/h1,3H,2,4-7H2,(H,14,15)(H,16,17). The second-order valence-electron chi connectivity index (χ2n) is 4.44. The molecule has 1 aromatic rings. The van der Waals surface area contributed by atoms with Crippen molar-refractivity contribution in [2.45, 2.75) is 24.8 Å². The lowest BCUT2D eigenvalue weighted by atomic mass is 9.99. The quantitative estimate of drug-likeness (QED) is 0.874. The number of carboxylic acids is 1. The topological polar surface area (TPSA) is 66.4 Å². The number of aryl methyl sites for hydroxylation is 1. The number of thioether (sulfide) groups is 1. The van der Waals surface area contributed by atoms with E-state index in [1.54, 1.807) is 17.8 Å². The molecule has 0 aromatic carbocycles. The zero-order valence-corrected chi connectivity index (χ0v) is 12.5. The molecule has 2 heterocycles. The summed E-state index contributed by atoms with van der Waals surface area (Å²) in [5.74, 6) is 0.0610. The summed E-state index contributed by atoms with van der Waals surface area (Å²) in [7, 11) is 0. The number of amides is 1. The molecular weight excluding hydrogens is 306 g/mol. The SMILES string of the molecule is O=C(CCc1ccc(Cl)s1)NC1(C(=O)O)CCSC1. The van der Waals surface area contributed by atoms with Crippen molar-refractivity contribution in [3.63, 3.8) is 0 Å². The average molecular weight is 320 g/mol. The molecule has 104 valence electrons. The van der Waals surface area contributed by atoms with Crippen molar-refractivity contribution in [2.24, 2.45) is 0 Å². The molecule has 1 amide bonds. The number of rotatable bonds is 5. The predicted molar refractivity (Wildman–Crippen MR) is 78.1 cm³/mol. The number of halogens is 1. The Hall–Kier alpha value is -0.720. The van der Waals surface area contributed by atoms with Crippen molar-refractivity contribution in [1.82, 2.24) is 5.32 Å². The maximum atomic E-state index is 11.9. The lowest BCUT2D eigenvalue weighted by Gasteiger charge is -2.24. The van der Waals surface area contributed by atoms with Crippen molar-refractivity contribution in [3.8, 4) is 0 Å². The van der Waals surface area contributed by atoms with Gasteiger partial charge in [0.05, 0.1) is 4.34 Å². The van der Waals surface area contributed by atoms with Crippen molar-refractivity contribution in [1.29, 1.82) is 0 Å². The molecule has 1 fully saturated rings. The molecule has 0 saturated carbocycles. The van der Waals surface area contributed by atoms with E-state index in [0.717, 1.165) is 10.6 Å². The molecule has 1 atom stereocenters. The van der Waals surface area contributed by atoms with Crippen LogP contribution in [0.1, 0.15) is 17.7 Å². The van der Waals surface area contributed by atoms with Gasteiger partial charge in [-0.2, -0.15) is 11.8 Å². The van der Waals surface area contributed by atoms with Gasteiger partial charge in [-0.15, -0.1) is 11.3 Å². The van der Waals surface area contributed by atoms with Crippen LogP contribution in [0.3, 0.4) is 0 Å². The molecule has 0 bridgehead atoms. The third-order valence-electron chi connectivity index (χ3n) is 3.04. The van der Waals surface area contributed by atoms with Crippen LogP contribution >= 0.6 is 34.7 Å². The molecule has 4 nitrogen and oxygen atoms in total. The maximum absolute atomic E-state index is 11.9. The second-order valence-corrected chi connectivity index (χ2v) is 7.35. The largest absolute Gasteiger partial charge is 0.479 e. The zero-order valence-electron chi connectivity index (χ0n) is 10.1. The highest BCUT2D eigenvalue weighted by molar-refractivity contribution is 7.99. The molecule has 19 heavy (non-hydrogen) atoms. The van der Waals surface area contributed by atoms with E-state index >= 15 is 0 Å². The lowest BCUT2D eigenvalue weighted by molar-refractivity contribution is -0.146. The molecular formula is C12H14ClNO3S2. The van der Waals surface area contributed by atoms with E-state index in [2.05, 4.69) is 5.32 Å². The Morgan fingerprint density at radius 1 is 1.47 bits per heavy atom. The van der Waals surface area contributed by atoms with Crippen LogP contribution in [0.15, 0.2) is 12.1 Å². The van der Waals surface area contributed by atoms with Crippen LogP contribution in [0.2, 0.25) is 4.34 Å². The Bertz CT molecular complexity index is 483. The number of hydrogen-bond donors (Lipinski definition) is 2. The van der Waals surface area contributed by atoms with Crippen molar-refractivity contribution >= 4 is 46.6 Å². The van der Waals surface area contributed by atoms with Gasteiger partial charge < -0.3 is 10.4 Å². The van der Waals surface area contributed by atoms with Crippen LogP contribution in [0.25, 0.3) is 0 Å². The first-order valence-electron chi connectivity index (χ1n) is 5.88. The van der Waals surface area contributed by atoms with E-state index in [1.807, 2.05) is 6.07 Å². The van der Waals surface area contributed by atoms with E-state index in [1.165, 1.54) is 11.3 Å². The van der Waals surface area contributed by atoms with Gasteiger partial charge in [-0.05, 0) is 30.7 Å². The van der Waals surface area contributed by atoms with Crippen LogP contribution in [0, 0.1) is 0 Å². The smallest absolute Gasteiger partial charge is 0.330 e. The average Bonchev–Trinajstić information content (AvgIpc) is 2.97. The van der Waals surface area contributed by atoms with E-state index < -0.39 is 11.5 Å². The van der Waals surface area contributed by atoms with Crippen molar-refractivity contribution in [2.75, 3.05) is 11.5 Å². The van der Waals surface area contributed by atoms with E-state index in [4.69, 9.17) is 11.6 Å². The molecule has 2 N–H and O–H groups in total. The molecule has 1 unspecified atom stereocenters. The molecule has 0 spiro atoms. The van der Waals surface area contributed by atoms with Gasteiger partial charge in [-0.3, -0.25) is 4.79 Å². The van der Waals surface area contributed by atoms with Gasteiger partial charge >= 0.3 is 5.97 Å². The van der Waals surface area contributed by atoms with Gasteiger partial charge in [0.25, 0.3) is 0 Å². The van der Waals surface area contributed by atoms with Gasteiger partial charge in [0, 0.05) is 17.1 Å². The van der Waals surface area contributed by atoms with Gasteiger partial charge in [-0.1, -0.05) is 11.6 Å². The summed E-state index contributed by atoms with van der Waals surface area (Å²) in [4.78, 5) is 24.2. The summed E-state index contributed by atoms with van der Waals surface area (Å²) in [5.41, 5.74) is -1.07. The van der Waals surface area contributed by atoms with Crippen LogP contribution in [0.5, 0.6) is 0 Å². The Labute approximate surface area is 124 Å². The molecule has 0 radical (unpaired) electrons. The third-order valence-corrected chi connectivity index (χ3v) is 5.52. The summed E-state index contributed by atoms with van der Waals surface area (Å²) < 4.78 is 0.699. The fourth-order valence-corrected chi connectivity index (χ4v) is 4.35. The first-order chi connectivity index (χ1) is 9.02. The monoisotopic (exact) mass is 319 g/mol. The van der Waals surface area contributed by atoms with E-state index in [0.29, 0.717) is 22.9 Å². The lowest BCUT2D eigenvalue weighted by Crippen LogP contribution is -2.54. The minimum absolute atomic E-state index is 0.213. The highest BCUT2D eigenvalue weighted by atomic mass is 35.5. The van der Waals surface area contributed by atoms with Crippen LogP contribution in [-0.2, 0) is 16.0 Å². The fraction of sp³-hybridized carbons (Fsp3) is 0.500. The Morgan fingerprint density at radius 2 is 2.26 bits per heavy atom. The Balaban J connectivity index is 1.88. The van der Waals surface area contributed by atoms with Crippen molar-refractivity contribution in [3.05, 3.63) is 21.3 Å². The summed E-state index contributed by atoms with van der Waals surface area (Å²) in [6.07, 6.45) is 1.37. The Kier molecular flexibility index (Phi) is 4.76. The molecule has 7 heteroatoms. The molecule has 1 aliphatic rings. The summed E-state index contributed by atoms with van der Waals surface area (Å²) in [6.45, 7) is 0. The second kappa shape index (κ2) is 6.15. The maximum Gasteiger partial charge on any atom is 0.330 e. The molecule has 1 saturated heterocycles. The number of aliphatic carboxylic acids is 1. The summed E-state index contributed by atoms with van der Waals surface area (Å²) >= 11 is 8.82. The summed E-state index contributed by atoms with van der Waals surface area (Å²) in [5, 5.41) is 11.9. The zero-order chi connectivity index (χ0) is 13.9. The number of carboxylic acid groups (broad SMARTS) is 1. The van der Waals surface area contributed by atoms with Gasteiger partial charge in [0.15, 0.2) is 0 Å². The third kappa shape index (κ3) is 3.64. The number of carbonyl (C=O) groups excluding carboxylic acids is 1. The molecule has 1 aliphatic heterocycles. The van der Waals surface area contributed by atoms with Gasteiger partial charge in [-0.25, -0.2) is 4.79 Å². The number of nitrogens with one attached hydrogen (secondary N) is 1. The Morgan fingerprint density at radius 3 is 2.79 bits per heavy atom. The van der Waals surface area contributed by atoms with Crippen LogP contribution in [-0.4, -0.2) is 34.0 Å². The van der Waals surface area contributed by atoms with Crippen LogP contribution in [0.4, 0.5) is 0 Å². The number of hydrogen-bond acceptors (Lipinski definition) is 4. The highest BCUT2D eigenvalue weighted by Crippen LogP contribution is 2.28. The van der Waals surface area contributed by atoms with Gasteiger partial charge in [0.1, 0.15) is 5.54 Å². The normalized spacial score (nSPS) is 22.4. The first-order valence-corrected chi connectivity index (χ1v) is 8.23. The van der Waals surface area contributed by atoms with Crippen LogP contribution < -0.4 is 5.32 Å². The molecule has 2 rings (SSSR count). The predicted octanol–water partition coefficient (Wildman–Crippen LogP) is 2.41. The summed E-state index contributed by atoms with van der Waals surface area (Å²) in [6, 6.07) is 3.68. The van der Waals surface area contributed by atoms with Crippen molar-refractivity contribution < 1.29 is 14.7 Å². The molecule has 1 aromatic heterocycles. The van der Waals surface area contributed by atoms with Gasteiger partial charge in [0.2, 0.25) is 5.91 Å². The fourth-order valence-electron chi connectivity index (χ4n) is 1.94. The number of thiophene rings is 1. The molecule has 0 aliphatic carbocycles. The minimum atomic E-state index is -1.07. The van der Waals surface area contributed by atoms with E-state index in [-0.39, 0.29) is 12.3 Å². The minimum Gasteiger partial charge on any atom is -0.479 e. The highest BCUT2D eigenvalue weighted by Gasteiger charge is 2.43.